The fraction of sp³-hybridized carbons (Fsp3) is 0.600. The van der Waals surface area contributed by atoms with Crippen molar-refractivity contribution in [2.45, 2.75) is 45.7 Å². The van der Waals surface area contributed by atoms with Crippen molar-refractivity contribution >= 4 is 5.97 Å². The highest BCUT2D eigenvalue weighted by molar-refractivity contribution is 5.75. The molecule has 1 atom stereocenters. The molecule has 2 heterocycles. The number of piperidine rings is 1. The Morgan fingerprint density at radius 1 is 1.53 bits per heavy atom. The van der Waals surface area contributed by atoms with Crippen LogP contribution in [0.1, 0.15) is 37.4 Å². The second-order valence-electron chi connectivity index (χ2n) is 5.00. The van der Waals surface area contributed by atoms with Crippen LogP contribution < -0.4 is 0 Å². The van der Waals surface area contributed by atoms with E-state index in [0.29, 0.717) is 6.61 Å². The number of carbonyl (C=O) groups excluding carboxylic acids is 1. The average molecular weight is 262 g/mol. The van der Waals surface area contributed by atoms with E-state index in [2.05, 4.69) is 22.9 Å². The number of esters is 1. The van der Waals surface area contributed by atoms with Gasteiger partial charge in [0.25, 0.3) is 0 Å². The van der Waals surface area contributed by atoms with Gasteiger partial charge in [-0.05, 0) is 44.9 Å². The number of aromatic nitrogens is 1. The summed E-state index contributed by atoms with van der Waals surface area (Å²) in [6.07, 6.45) is 4.94. The molecule has 1 aromatic heterocycles. The van der Waals surface area contributed by atoms with Crippen molar-refractivity contribution in [1.29, 1.82) is 0 Å². The van der Waals surface area contributed by atoms with Gasteiger partial charge in [-0.1, -0.05) is 12.5 Å². The lowest BCUT2D eigenvalue weighted by atomic mass is 10.0. The molecular weight excluding hydrogens is 240 g/mol. The SMILES string of the molecule is CCOC(=O)C1CCCCN1Cc1ncccc1C. The molecule has 0 spiro atoms. The number of rotatable bonds is 4. The fourth-order valence-corrected chi connectivity index (χ4v) is 2.56. The largest absolute Gasteiger partial charge is 0.465 e. The van der Waals surface area contributed by atoms with Crippen LogP contribution in [0.4, 0.5) is 0 Å². The Hall–Kier alpha value is -1.42. The quantitative estimate of drug-likeness (QED) is 0.781. The van der Waals surface area contributed by atoms with E-state index < -0.39 is 0 Å². The van der Waals surface area contributed by atoms with Gasteiger partial charge in [0.15, 0.2) is 0 Å². The first-order valence-electron chi connectivity index (χ1n) is 7.03. The summed E-state index contributed by atoms with van der Waals surface area (Å²) in [5.74, 6) is -0.0872. The molecule has 1 aliphatic rings. The lowest BCUT2D eigenvalue weighted by molar-refractivity contribution is -0.151. The minimum absolute atomic E-state index is 0.0872. The molecule has 4 nitrogen and oxygen atoms in total. The van der Waals surface area contributed by atoms with Crippen molar-refractivity contribution in [2.75, 3.05) is 13.2 Å². The zero-order valence-corrected chi connectivity index (χ0v) is 11.8. The van der Waals surface area contributed by atoms with Crippen molar-refractivity contribution in [3.05, 3.63) is 29.6 Å². The number of hydrogen-bond acceptors (Lipinski definition) is 4. The van der Waals surface area contributed by atoms with Crippen molar-refractivity contribution < 1.29 is 9.53 Å². The van der Waals surface area contributed by atoms with Crippen LogP contribution in [0.2, 0.25) is 0 Å². The first kappa shape index (κ1) is 14.0. The molecule has 1 unspecified atom stereocenters. The molecular formula is C15H22N2O2. The van der Waals surface area contributed by atoms with Gasteiger partial charge in [-0.2, -0.15) is 0 Å². The van der Waals surface area contributed by atoms with Crippen LogP contribution >= 0.6 is 0 Å². The van der Waals surface area contributed by atoms with Gasteiger partial charge in [0.2, 0.25) is 0 Å². The molecule has 104 valence electrons. The van der Waals surface area contributed by atoms with Crippen molar-refractivity contribution in [3.63, 3.8) is 0 Å². The van der Waals surface area contributed by atoms with E-state index in [0.717, 1.165) is 38.0 Å². The number of aryl methyl sites for hydroxylation is 1. The van der Waals surface area contributed by atoms with Crippen LogP contribution in [-0.4, -0.2) is 35.0 Å². The van der Waals surface area contributed by atoms with Gasteiger partial charge in [-0.25, -0.2) is 0 Å². The Kier molecular flexibility index (Phi) is 4.91. The van der Waals surface area contributed by atoms with E-state index >= 15 is 0 Å². The van der Waals surface area contributed by atoms with Gasteiger partial charge in [-0.3, -0.25) is 14.7 Å². The molecule has 1 fully saturated rings. The zero-order valence-electron chi connectivity index (χ0n) is 11.8. The Morgan fingerprint density at radius 3 is 3.11 bits per heavy atom. The highest BCUT2D eigenvalue weighted by atomic mass is 16.5. The summed E-state index contributed by atoms with van der Waals surface area (Å²) >= 11 is 0. The molecule has 0 amide bonds. The first-order valence-corrected chi connectivity index (χ1v) is 7.03. The molecule has 1 aromatic rings. The normalized spacial score (nSPS) is 20.2. The van der Waals surface area contributed by atoms with Crippen LogP contribution in [0.5, 0.6) is 0 Å². The van der Waals surface area contributed by atoms with Gasteiger partial charge in [0.05, 0.1) is 12.3 Å². The molecule has 19 heavy (non-hydrogen) atoms. The highest BCUT2D eigenvalue weighted by Gasteiger charge is 2.30. The topological polar surface area (TPSA) is 42.4 Å². The predicted molar refractivity (Wildman–Crippen MR) is 73.7 cm³/mol. The molecule has 0 aliphatic carbocycles. The monoisotopic (exact) mass is 262 g/mol. The molecule has 0 radical (unpaired) electrons. The molecule has 0 aromatic carbocycles. The van der Waals surface area contributed by atoms with Gasteiger partial charge in [0.1, 0.15) is 6.04 Å². The molecule has 0 bridgehead atoms. The second-order valence-corrected chi connectivity index (χ2v) is 5.00. The Bertz CT molecular complexity index is 434. The van der Waals surface area contributed by atoms with Gasteiger partial charge < -0.3 is 4.74 Å². The maximum absolute atomic E-state index is 12.0. The van der Waals surface area contributed by atoms with E-state index in [1.165, 1.54) is 5.56 Å². The zero-order chi connectivity index (χ0) is 13.7. The third-order valence-corrected chi connectivity index (χ3v) is 3.64. The Balaban J connectivity index is 2.07. The van der Waals surface area contributed by atoms with E-state index in [4.69, 9.17) is 4.74 Å². The summed E-state index contributed by atoms with van der Waals surface area (Å²) in [5.41, 5.74) is 2.23. The van der Waals surface area contributed by atoms with Crippen molar-refractivity contribution in [2.24, 2.45) is 0 Å². The summed E-state index contributed by atoms with van der Waals surface area (Å²) in [7, 11) is 0. The van der Waals surface area contributed by atoms with Crippen LogP contribution in [-0.2, 0) is 16.1 Å². The molecule has 0 saturated carbocycles. The number of likely N-dealkylation sites (tertiary alicyclic amines) is 1. The Morgan fingerprint density at radius 2 is 2.37 bits per heavy atom. The van der Waals surface area contributed by atoms with Crippen LogP contribution in [0.3, 0.4) is 0 Å². The smallest absolute Gasteiger partial charge is 0.323 e. The van der Waals surface area contributed by atoms with E-state index in [1.54, 1.807) is 0 Å². The van der Waals surface area contributed by atoms with Crippen molar-refractivity contribution in [1.82, 2.24) is 9.88 Å². The molecule has 0 N–H and O–H groups in total. The number of carbonyl (C=O) groups is 1. The summed E-state index contributed by atoms with van der Waals surface area (Å²) in [4.78, 5) is 18.6. The van der Waals surface area contributed by atoms with E-state index in [9.17, 15) is 4.79 Å². The van der Waals surface area contributed by atoms with E-state index in [-0.39, 0.29) is 12.0 Å². The third-order valence-electron chi connectivity index (χ3n) is 3.64. The summed E-state index contributed by atoms with van der Waals surface area (Å²) in [6.45, 7) is 6.04. The maximum Gasteiger partial charge on any atom is 0.323 e. The number of nitrogens with zero attached hydrogens (tertiary/aromatic N) is 2. The summed E-state index contributed by atoms with van der Waals surface area (Å²) < 4.78 is 5.18. The van der Waals surface area contributed by atoms with Crippen LogP contribution in [0.25, 0.3) is 0 Å². The maximum atomic E-state index is 12.0. The summed E-state index contributed by atoms with van der Waals surface area (Å²) in [5, 5.41) is 0. The lowest BCUT2D eigenvalue weighted by Crippen LogP contribution is -2.45. The second kappa shape index (κ2) is 6.66. The highest BCUT2D eigenvalue weighted by Crippen LogP contribution is 2.21. The fourth-order valence-electron chi connectivity index (χ4n) is 2.56. The standard InChI is InChI=1S/C15H22N2O2/c1-3-19-15(18)14-8-4-5-10-17(14)11-13-12(2)7-6-9-16-13/h6-7,9,14H,3-5,8,10-11H2,1-2H3. The third kappa shape index (κ3) is 3.53. The van der Waals surface area contributed by atoms with Gasteiger partial charge in [0, 0.05) is 12.7 Å². The number of hydrogen-bond donors (Lipinski definition) is 0. The molecule has 2 rings (SSSR count). The number of pyridine rings is 1. The average Bonchev–Trinajstić information content (AvgIpc) is 2.42. The minimum Gasteiger partial charge on any atom is -0.465 e. The van der Waals surface area contributed by atoms with Crippen LogP contribution in [0, 0.1) is 6.92 Å². The first-order chi connectivity index (χ1) is 9.22. The van der Waals surface area contributed by atoms with Crippen molar-refractivity contribution in [3.8, 4) is 0 Å². The molecule has 4 heteroatoms. The molecule has 1 aliphatic heterocycles. The van der Waals surface area contributed by atoms with Gasteiger partial charge >= 0.3 is 5.97 Å². The summed E-state index contributed by atoms with van der Waals surface area (Å²) in [6, 6.07) is 3.90. The Labute approximate surface area is 114 Å². The van der Waals surface area contributed by atoms with Crippen LogP contribution in [0.15, 0.2) is 18.3 Å². The van der Waals surface area contributed by atoms with Gasteiger partial charge in [-0.15, -0.1) is 0 Å². The number of ether oxygens (including phenoxy) is 1. The lowest BCUT2D eigenvalue weighted by Gasteiger charge is -2.33. The minimum atomic E-state index is -0.102. The predicted octanol–water partition coefficient (Wildman–Crippen LogP) is 2.31. The molecule has 1 saturated heterocycles. The van der Waals surface area contributed by atoms with E-state index in [1.807, 2.05) is 19.2 Å².